The number of carbonyl (C=O) groups is 1. The Labute approximate surface area is 132 Å². The predicted octanol–water partition coefficient (Wildman–Crippen LogP) is 3.41. The van der Waals surface area contributed by atoms with Gasteiger partial charge in [0, 0.05) is 22.5 Å². The lowest BCUT2D eigenvalue weighted by molar-refractivity contribution is -0.124. The minimum atomic E-state index is -0.992. The van der Waals surface area contributed by atoms with Crippen molar-refractivity contribution in [2.24, 2.45) is 0 Å². The molecule has 0 saturated heterocycles. The van der Waals surface area contributed by atoms with Crippen LogP contribution in [0.5, 0.6) is 0 Å². The molecular formula is C15H17ClN2O2S. The summed E-state index contributed by atoms with van der Waals surface area (Å²) >= 11 is 7.50. The van der Waals surface area contributed by atoms with Crippen LogP contribution < -0.4 is 5.32 Å². The molecule has 2 N–H and O–H groups in total. The number of hydrogen-bond acceptors (Lipinski definition) is 4. The van der Waals surface area contributed by atoms with Crippen LogP contribution in [0.2, 0.25) is 5.02 Å². The highest BCUT2D eigenvalue weighted by atomic mass is 35.5. The number of aromatic nitrogens is 1. The quantitative estimate of drug-likeness (QED) is 0.886. The van der Waals surface area contributed by atoms with E-state index in [4.69, 9.17) is 11.6 Å². The van der Waals surface area contributed by atoms with E-state index >= 15 is 0 Å². The Kier molecular flexibility index (Phi) is 5.33. The van der Waals surface area contributed by atoms with Crippen molar-refractivity contribution in [3.63, 3.8) is 0 Å². The molecule has 1 heterocycles. The first-order valence-corrected chi connectivity index (χ1v) is 7.87. The summed E-state index contributed by atoms with van der Waals surface area (Å²) in [6.07, 6.45) is 1.83. The average Bonchev–Trinajstić information content (AvgIpc) is 2.89. The second kappa shape index (κ2) is 7.02. The third kappa shape index (κ3) is 4.27. The first-order valence-electron chi connectivity index (χ1n) is 6.68. The summed E-state index contributed by atoms with van der Waals surface area (Å²) in [6.45, 7) is 3.71. The van der Waals surface area contributed by atoms with E-state index in [-0.39, 0.29) is 0 Å². The van der Waals surface area contributed by atoms with Crippen LogP contribution in [0.15, 0.2) is 24.4 Å². The topological polar surface area (TPSA) is 62.2 Å². The molecular weight excluding hydrogens is 308 g/mol. The number of carbonyl (C=O) groups excluding carboxylic acids is 1. The van der Waals surface area contributed by atoms with E-state index in [9.17, 15) is 9.90 Å². The molecule has 0 fully saturated rings. The number of thiazole rings is 1. The van der Waals surface area contributed by atoms with Gasteiger partial charge < -0.3 is 5.11 Å². The van der Waals surface area contributed by atoms with Gasteiger partial charge in [-0.15, -0.1) is 11.3 Å². The minimum Gasteiger partial charge on any atom is -0.383 e. The lowest BCUT2D eigenvalue weighted by atomic mass is 10.1. The fraction of sp³-hybridized carbons (Fsp3) is 0.333. The van der Waals surface area contributed by atoms with E-state index in [0.717, 1.165) is 21.0 Å². The van der Waals surface area contributed by atoms with Crippen molar-refractivity contribution in [2.75, 3.05) is 5.32 Å². The van der Waals surface area contributed by atoms with Crippen molar-refractivity contribution in [3.8, 4) is 0 Å². The van der Waals surface area contributed by atoms with Crippen LogP contribution in [-0.2, 0) is 11.2 Å². The van der Waals surface area contributed by atoms with Gasteiger partial charge in [0.2, 0.25) is 0 Å². The van der Waals surface area contributed by atoms with Crippen LogP contribution >= 0.6 is 22.9 Å². The molecule has 0 spiro atoms. The number of aliphatic hydroxyl groups excluding tert-OH is 1. The van der Waals surface area contributed by atoms with E-state index in [1.165, 1.54) is 11.3 Å². The zero-order valence-corrected chi connectivity index (χ0v) is 13.5. The maximum Gasteiger partial charge on any atom is 0.254 e. The second-order valence-electron chi connectivity index (χ2n) is 4.81. The molecule has 21 heavy (non-hydrogen) atoms. The van der Waals surface area contributed by atoms with E-state index < -0.39 is 12.0 Å². The number of hydrogen-bond donors (Lipinski definition) is 2. The summed E-state index contributed by atoms with van der Waals surface area (Å²) in [5.74, 6) is -0.420. The maximum absolute atomic E-state index is 11.6. The normalized spacial score (nSPS) is 12.2. The molecule has 2 aromatic rings. The summed E-state index contributed by atoms with van der Waals surface area (Å²) in [7, 11) is 0. The van der Waals surface area contributed by atoms with Gasteiger partial charge in [-0.1, -0.05) is 30.7 Å². The number of amides is 1. The van der Waals surface area contributed by atoms with E-state index in [1.807, 2.05) is 25.1 Å². The van der Waals surface area contributed by atoms with Crippen LogP contribution in [0.4, 0.5) is 5.13 Å². The standard InChI is InChI=1S/C15H17ClN2O2S/c1-3-13(19)14(20)18-15-17-8-11(21-15)6-10-5-4-9(2)12(16)7-10/h4-5,7-8,13,19H,3,6H2,1-2H3,(H,17,18,20)/t13-/m0/s1. The Morgan fingerprint density at radius 2 is 2.29 bits per heavy atom. The molecule has 0 saturated carbocycles. The third-order valence-electron chi connectivity index (χ3n) is 3.09. The Morgan fingerprint density at radius 3 is 2.95 bits per heavy atom. The number of halogens is 1. The Balaban J connectivity index is 2.03. The van der Waals surface area contributed by atoms with Crippen molar-refractivity contribution in [3.05, 3.63) is 45.4 Å². The molecule has 0 aliphatic heterocycles. The van der Waals surface area contributed by atoms with Gasteiger partial charge in [-0.2, -0.15) is 0 Å². The molecule has 2 rings (SSSR count). The fourth-order valence-electron chi connectivity index (χ4n) is 1.77. The number of rotatable bonds is 5. The molecule has 4 nitrogen and oxygen atoms in total. The molecule has 1 aromatic carbocycles. The van der Waals surface area contributed by atoms with E-state index in [2.05, 4.69) is 10.3 Å². The zero-order valence-electron chi connectivity index (χ0n) is 11.9. The fourth-order valence-corrected chi connectivity index (χ4v) is 2.82. The van der Waals surface area contributed by atoms with Crippen molar-refractivity contribution < 1.29 is 9.90 Å². The van der Waals surface area contributed by atoms with Crippen LogP contribution in [0.25, 0.3) is 0 Å². The van der Waals surface area contributed by atoms with Crippen molar-refractivity contribution in [1.29, 1.82) is 0 Å². The summed E-state index contributed by atoms with van der Waals surface area (Å²) < 4.78 is 0. The van der Waals surface area contributed by atoms with Crippen LogP contribution in [0.1, 0.15) is 29.3 Å². The number of nitrogens with one attached hydrogen (secondary N) is 1. The molecule has 0 aliphatic carbocycles. The number of aryl methyl sites for hydroxylation is 1. The highest BCUT2D eigenvalue weighted by Crippen LogP contribution is 2.24. The van der Waals surface area contributed by atoms with Crippen molar-refractivity contribution >= 4 is 34.0 Å². The van der Waals surface area contributed by atoms with E-state index in [0.29, 0.717) is 18.0 Å². The van der Waals surface area contributed by atoms with E-state index in [1.54, 1.807) is 13.1 Å². The highest BCUT2D eigenvalue weighted by molar-refractivity contribution is 7.15. The van der Waals surface area contributed by atoms with Crippen molar-refractivity contribution in [2.45, 2.75) is 32.8 Å². The molecule has 1 atom stereocenters. The third-order valence-corrected chi connectivity index (χ3v) is 4.41. The monoisotopic (exact) mass is 324 g/mol. The van der Waals surface area contributed by atoms with Gasteiger partial charge in [-0.25, -0.2) is 4.98 Å². The summed E-state index contributed by atoms with van der Waals surface area (Å²) in [6, 6.07) is 5.95. The summed E-state index contributed by atoms with van der Waals surface area (Å²) in [5.41, 5.74) is 2.15. The zero-order chi connectivity index (χ0) is 15.4. The van der Waals surface area contributed by atoms with Gasteiger partial charge in [0.25, 0.3) is 5.91 Å². The largest absolute Gasteiger partial charge is 0.383 e. The number of anilines is 1. The Hall–Kier alpha value is -1.43. The van der Waals surface area contributed by atoms with Gasteiger partial charge in [-0.3, -0.25) is 10.1 Å². The highest BCUT2D eigenvalue weighted by Gasteiger charge is 2.14. The van der Waals surface area contributed by atoms with Gasteiger partial charge in [0.15, 0.2) is 5.13 Å². The van der Waals surface area contributed by atoms with Crippen LogP contribution in [0, 0.1) is 6.92 Å². The smallest absolute Gasteiger partial charge is 0.254 e. The van der Waals surface area contributed by atoms with Gasteiger partial charge in [-0.05, 0) is 30.5 Å². The summed E-state index contributed by atoms with van der Waals surface area (Å²) in [4.78, 5) is 16.8. The van der Waals surface area contributed by atoms with Gasteiger partial charge >= 0.3 is 0 Å². The number of nitrogens with zero attached hydrogens (tertiary/aromatic N) is 1. The molecule has 0 bridgehead atoms. The van der Waals surface area contributed by atoms with Crippen molar-refractivity contribution in [1.82, 2.24) is 4.98 Å². The number of aliphatic hydroxyl groups is 1. The first kappa shape index (κ1) is 15.9. The molecule has 6 heteroatoms. The lowest BCUT2D eigenvalue weighted by Gasteiger charge is -2.05. The molecule has 0 radical (unpaired) electrons. The molecule has 0 unspecified atom stereocenters. The van der Waals surface area contributed by atoms with Crippen LogP contribution in [0.3, 0.4) is 0 Å². The Bertz CT molecular complexity index is 642. The molecule has 1 aromatic heterocycles. The second-order valence-corrected chi connectivity index (χ2v) is 6.33. The summed E-state index contributed by atoms with van der Waals surface area (Å²) in [5, 5.41) is 13.3. The van der Waals surface area contributed by atoms with Gasteiger partial charge in [0.05, 0.1) is 0 Å². The molecule has 0 aliphatic rings. The SMILES string of the molecule is CC[C@H](O)C(=O)Nc1ncc(Cc2ccc(C)c(Cl)c2)s1. The lowest BCUT2D eigenvalue weighted by Crippen LogP contribution is -2.26. The van der Waals surface area contributed by atoms with Crippen LogP contribution in [-0.4, -0.2) is 22.1 Å². The van der Waals surface area contributed by atoms with Gasteiger partial charge in [0.1, 0.15) is 6.10 Å². The minimum absolute atomic E-state index is 0.381. The molecule has 112 valence electrons. The average molecular weight is 325 g/mol. The number of benzene rings is 1. The predicted molar refractivity (Wildman–Crippen MR) is 86.0 cm³/mol. The maximum atomic E-state index is 11.6. The first-order chi connectivity index (χ1) is 9.99. The Morgan fingerprint density at radius 1 is 1.52 bits per heavy atom. The molecule has 1 amide bonds.